The van der Waals surface area contributed by atoms with Gasteiger partial charge in [0.05, 0.1) is 17.1 Å². The third-order valence-electron chi connectivity index (χ3n) is 4.56. The van der Waals surface area contributed by atoms with Crippen molar-refractivity contribution in [2.75, 3.05) is 13.1 Å². The number of piperidine rings is 1. The standard InChI is InChI=1S/C19H22ClN3O3S/c1-12-22-15(11-27-12)9-19(25)23-6-5-17(13(10-23)7-18(21)24)26-16-4-2-3-14(20)8-16/h2-4,8,11,13,17H,5-7,9-10H2,1H3,(H2,21,24)/t13-,17-/m0/s1. The van der Waals surface area contributed by atoms with E-state index in [1.54, 1.807) is 17.0 Å². The minimum absolute atomic E-state index is 0.0102. The second-order valence-corrected chi connectivity index (χ2v) is 8.21. The van der Waals surface area contributed by atoms with Gasteiger partial charge in [-0.2, -0.15) is 0 Å². The SMILES string of the molecule is Cc1nc(CC(=O)N2CC[C@H](Oc3cccc(Cl)c3)[C@@H](CC(N)=O)C2)cs1. The van der Waals surface area contributed by atoms with Gasteiger partial charge in [-0.25, -0.2) is 4.98 Å². The summed E-state index contributed by atoms with van der Waals surface area (Å²) in [4.78, 5) is 30.3. The van der Waals surface area contributed by atoms with Crippen molar-refractivity contribution in [2.45, 2.75) is 32.3 Å². The number of thiazole rings is 1. The third kappa shape index (κ3) is 5.43. The number of benzene rings is 1. The second kappa shape index (κ2) is 8.71. The van der Waals surface area contributed by atoms with E-state index >= 15 is 0 Å². The van der Waals surface area contributed by atoms with Gasteiger partial charge in [0, 0.05) is 42.3 Å². The molecular weight excluding hydrogens is 386 g/mol. The van der Waals surface area contributed by atoms with E-state index in [1.165, 1.54) is 11.3 Å². The Morgan fingerprint density at radius 2 is 2.26 bits per heavy atom. The first-order chi connectivity index (χ1) is 12.9. The molecule has 2 aromatic rings. The number of hydrogen-bond donors (Lipinski definition) is 1. The van der Waals surface area contributed by atoms with Crippen LogP contribution in [-0.4, -0.2) is 40.9 Å². The lowest BCUT2D eigenvalue weighted by Gasteiger charge is -2.38. The van der Waals surface area contributed by atoms with Crippen molar-refractivity contribution in [2.24, 2.45) is 11.7 Å². The van der Waals surface area contributed by atoms with E-state index in [0.717, 1.165) is 10.7 Å². The number of carbonyl (C=O) groups is 2. The molecule has 1 aromatic heterocycles. The molecule has 6 nitrogen and oxygen atoms in total. The fourth-order valence-corrected chi connectivity index (χ4v) is 4.11. The smallest absolute Gasteiger partial charge is 0.228 e. The Balaban J connectivity index is 1.66. The number of nitrogens with zero attached hydrogens (tertiary/aromatic N) is 2. The van der Waals surface area contributed by atoms with Crippen LogP contribution in [0.1, 0.15) is 23.5 Å². The van der Waals surface area contributed by atoms with Gasteiger partial charge in [-0.15, -0.1) is 11.3 Å². The van der Waals surface area contributed by atoms with Gasteiger partial charge in [-0.05, 0) is 25.1 Å². The monoisotopic (exact) mass is 407 g/mol. The maximum absolute atomic E-state index is 12.6. The summed E-state index contributed by atoms with van der Waals surface area (Å²) >= 11 is 7.55. The van der Waals surface area contributed by atoms with Crippen LogP contribution in [0.5, 0.6) is 5.75 Å². The zero-order chi connectivity index (χ0) is 19.4. The number of hydrogen-bond acceptors (Lipinski definition) is 5. The van der Waals surface area contributed by atoms with Gasteiger partial charge in [0.15, 0.2) is 0 Å². The summed E-state index contributed by atoms with van der Waals surface area (Å²) in [6.07, 6.45) is 0.881. The summed E-state index contributed by atoms with van der Waals surface area (Å²) in [5.41, 5.74) is 6.21. The molecule has 1 aliphatic rings. The highest BCUT2D eigenvalue weighted by Gasteiger charge is 2.34. The summed E-state index contributed by atoms with van der Waals surface area (Å²) in [6.45, 7) is 2.93. The summed E-state index contributed by atoms with van der Waals surface area (Å²) in [6, 6.07) is 7.16. The second-order valence-electron chi connectivity index (χ2n) is 6.71. The van der Waals surface area contributed by atoms with Crippen LogP contribution < -0.4 is 10.5 Å². The number of aromatic nitrogens is 1. The summed E-state index contributed by atoms with van der Waals surface area (Å²) in [5.74, 6) is 0.108. The number of primary amides is 1. The van der Waals surface area contributed by atoms with Crippen molar-refractivity contribution >= 4 is 34.8 Å². The van der Waals surface area contributed by atoms with Crippen LogP contribution >= 0.6 is 22.9 Å². The van der Waals surface area contributed by atoms with E-state index in [4.69, 9.17) is 22.1 Å². The van der Waals surface area contributed by atoms with Crippen LogP contribution in [0.4, 0.5) is 0 Å². The zero-order valence-corrected chi connectivity index (χ0v) is 16.6. The van der Waals surface area contributed by atoms with Gasteiger partial charge < -0.3 is 15.4 Å². The highest BCUT2D eigenvalue weighted by molar-refractivity contribution is 7.09. The number of ether oxygens (including phenoxy) is 1. The topological polar surface area (TPSA) is 85.5 Å². The first-order valence-corrected chi connectivity index (χ1v) is 10.1. The molecule has 0 radical (unpaired) electrons. The zero-order valence-electron chi connectivity index (χ0n) is 15.1. The third-order valence-corrected chi connectivity index (χ3v) is 5.62. The molecule has 2 heterocycles. The molecule has 27 heavy (non-hydrogen) atoms. The Bertz CT molecular complexity index is 826. The van der Waals surface area contributed by atoms with Gasteiger partial charge in [0.25, 0.3) is 0 Å². The average molecular weight is 408 g/mol. The lowest BCUT2D eigenvalue weighted by Crippen LogP contribution is -2.49. The van der Waals surface area contributed by atoms with E-state index in [0.29, 0.717) is 30.3 Å². The molecule has 2 N–H and O–H groups in total. The van der Waals surface area contributed by atoms with Crippen molar-refractivity contribution in [3.8, 4) is 5.75 Å². The molecule has 1 aliphatic heterocycles. The fraction of sp³-hybridized carbons (Fsp3) is 0.421. The predicted molar refractivity (Wildman–Crippen MR) is 105 cm³/mol. The van der Waals surface area contributed by atoms with Crippen molar-refractivity contribution in [1.29, 1.82) is 0 Å². The van der Waals surface area contributed by atoms with E-state index in [-0.39, 0.29) is 30.8 Å². The molecule has 3 rings (SSSR count). The first-order valence-electron chi connectivity index (χ1n) is 8.80. The quantitative estimate of drug-likeness (QED) is 0.797. The Hall–Kier alpha value is -2.12. The molecule has 0 unspecified atom stereocenters. The van der Waals surface area contributed by atoms with E-state index < -0.39 is 5.91 Å². The molecule has 1 fully saturated rings. The van der Waals surface area contributed by atoms with Crippen LogP contribution in [0.25, 0.3) is 0 Å². The number of amides is 2. The Labute approximate surface area is 167 Å². The van der Waals surface area contributed by atoms with Crippen LogP contribution in [0.2, 0.25) is 5.02 Å². The lowest BCUT2D eigenvalue weighted by atomic mass is 9.91. The van der Waals surface area contributed by atoms with Crippen LogP contribution in [-0.2, 0) is 16.0 Å². The molecule has 0 bridgehead atoms. The molecule has 0 spiro atoms. The molecule has 144 valence electrons. The minimum atomic E-state index is -0.399. The van der Waals surface area contributed by atoms with Crippen molar-refractivity contribution in [1.82, 2.24) is 9.88 Å². The van der Waals surface area contributed by atoms with Gasteiger partial charge in [0.1, 0.15) is 11.9 Å². The van der Waals surface area contributed by atoms with Crippen molar-refractivity contribution < 1.29 is 14.3 Å². The maximum Gasteiger partial charge on any atom is 0.228 e. The molecular formula is C19H22ClN3O3S. The Kier molecular flexibility index (Phi) is 6.34. The Morgan fingerprint density at radius 3 is 2.93 bits per heavy atom. The number of halogens is 1. The molecule has 0 saturated carbocycles. The minimum Gasteiger partial charge on any atom is -0.490 e. The van der Waals surface area contributed by atoms with Crippen LogP contribution in [0.15, 0.2) is 29.6 Å². The number of aryl methyl sites for hydroxylation is 1. The average Bonchev–Trinajstić information content (AvgIpc) is 3.01. The summed E-state index contributed by atoms with van der Waals surface area (Å²) in [7, 11) is 0. The molecule has 0 aliphatic carbocycles. The van der Waals surface area contributed by atoms with Crippen LogP contribution in [0.3, 0.4) is 0 Å². The van der Waals surface area contributed by atoms with Gasteiger partial charge in [-0.3, -0.25) is 9.59 Å². The normalized spacial score (nSPS) is 19.7. The first kappa shape index (κ1) is 19.6. The van der Waals surface area contributed by atoms with Gasteiger partial charge in [-0.1, -0.05) is 17.7 Å². The largest absolute Gasteiger partial charge is 0.490 e. The Morgan fingerprint density at radius 1 is 1.44 bits per heavy atom. The number of carbonyl (C=O) groups excluding carboxylic acids is 2. The molecule has 2 amide bonds. The molecule has 2 atom stereocenters. The number of rotatable bonds is 6. The maximum atomic E-state index is 12.6. The van der Waals surface area contributed by atoms with E-state index in [1.807, 2.05) is 24.4 Å². The van der Waals surface area contributed by atoms with Crippen molar-refractivity contribution in [3.05, 3.63) is 45.4 Å². The fourth-order valence-electron chi connectivity index (χ4n) is 3.32. The molecule has 8 heteroatoms. The molecule has 1 saturated heterocycles. The van der Waals surface area contributed by atoms with Gasteiger partial charge >= 0.3 is 0 Å². The van der Waals surface area contributed by atoms with Crippen molar-refractivity contribution in [3.63, 3.8) is 0 Å². The van der Waals surface area contributed by atoms with E-state index in [9.17, 15) is 9.59 Å². The van der Waals surface area contributed by atoms with Crippen LogP contribution in [0, 0.1) is 12.8 Å². The van der Waals surface area contributed by atoms with Gasteiger partial charge in [0.2, 0.25) is 11.8 Å². The summed E-state index contributed by atoms with van der Waals surface area (Å²) < 4.78 is 6.06. The molecule has 1 aromatic carbocycles. The number of likely N-dealkylation sites (tertiary alicyclic amines) is 1. The highest BCUT2D eigenvalue weighted by Crippen LogP contribution is 2.27. The summed E-state index contributed by atoms with van der Waals surface area (Å²) in [5, 5.41) is 3.44. The lowest BCUT2D eigenvalue weighted by molar-refractivity contribution is -0.135. The van der Waals surface area contributed by atoms with E-state index in [2.05, 4.69) is 4.98 Å². The highest BCUT2D eigenvalue weighted by atomic mass is 35.5. The predicted octanol–water partition coefficient (Wildman–Crippen LogP) is 2.82. The number of nitrogens with two attached hydrogens (primary N) is 1.